The Hall–Kier alpha value is -3.23. The van der Waals surface area contributed by atoms with Gasteiger partial charge in [-0.2, -0.15) is 13.2 Å². The van der Waals surface area contributed by atoms with Crippen LogP contribution in [0.25, 0.3) is 0 Å². The molecule has 0 saturated heterocycles. The molecule has 0 N–H and O–H groups in total. The van der Waals surface area contributed by atoms with Crippen molar-refractivity contribution in [1.82, 2.24) is 0 Å². The lowest BCUT2D eigenvalue weighted by molar-refractivity contribution is -0.119. The Morgan fingerprint density at radius 1 is 1.09 bits per heavy atom. The van der Waals surface area contributed by atoms with Crippen molar-refractivity contribution in [3.63, 3.8) is 0 Å². The number of aryl methyl sites for hydroxylation is 1. The Morgan fingerprint density at radius 2 is 1.85 bits per heavy atom. The van der Waals surface area contributed by atoms with Crippen LogP contribution in [0.4, 0.5) is 32.0 Å². The lowest BCUT2D eigenvalue weighted by Crippen LogP contribution is -2.35. The maximum Gasteiger partial charge on any atom is 0.418 e. The van der Waals surface area contributed by atoms with Crippen LogP contribution in [-0.4, -0.2) is 19.2 Å². The van der Waals surface area contributed by atoms with Crippen LogP contribution >= 0.6 is 0 Å². The van der Waals surface area contributed by atoms with Gasteiger partial charge >= 0.3 is 6.18 Å². The fourth-order valence-electron chi connectivity index (χ4n) is 4.20. The summed E-state index contributed by atoms with van der Waals surface area (Å²) in [6, 6.07) is 6.34. The molecule has 1 atom stereocenters. The molecule has 2 aromatic rings. The van der Waals surface area contributed by atoms with E-state index in [1.165, 1.54) is 18.1 Å². The molecule has 0 saturated carbocycles. The quantitative estimate of drug-likeness (QED) is 0.495. The molecule has 1 unspecified atom stereocenters. The van der Waals surface area contributed by atoms with Gasteiger partial charge in [-0.25, -0.2) is 13.2 Å². The fraction of sp³-hybridized carbons (Fsp3) is 0.292. The summed E-state index contributed by atoms with van der Waals surface area (Å²) in [4.78, 5) is 14.0. The van der Waals surface area contributed by atoms with Crippen LogP contribution in [0.15, 0.2) is 53.9 Å². The highest BCUT2D eigenvalue weighted by atomic mass is 19.4. The molecule has 0 spiro atoms. The molecule has 1 aliphatic heterocycles. The zero-order valence-corrected chi connectivity index (χ0v) is 17.5. The first-order valence-corrected chi connectivity index (χ1v) is 10.2. The Morgan fingerprint density at radius 3 is 2.48 bits per heavy atom. The highest BCUT2D eigenvalue weighted by Crippen LogP contribution is 2.44. The molecule has 0 bridgehead atoms. The molecule has 3 nitrogen and oxygen atoms in total. The van der Waals surface area contributed by atoms with Crippen molar-refractivity contribution >= 4 is 11.6 Å². The van der Waals surface area contributed by atoms with E-state index < -0.39 is 35.1 Å². The zero-order chi connectivity index (χ0) is 23.9. The number of allylic oxidation sites excluding steroid dienone is 4. The first-order chi connectivity index (χ1) is 15.6. The summed E-state index contributed by atoms with van der Waals surface area (Å²) in [5.74, 6) is -3.54. The van der Waals surface area contributed by atoms with E-state index in [4.69, 9.17) is 4.74 Å². The van der Waals surface area contributed by atoms with E-state index in [0.29, 0.717) is 23.2 Å². The SMILES string of the molecule is COc1cc2c(cc1C1C=C(F)C(C(F)(F)F)=CC1)CCC(=O)N2Cc1ccc(F)cc1F. The Bertz CT molecular complexity index is 1170. The number of carbonyl (C=O) groups excluding carboxylic acids is 1. The van der Waals surface area contributed by atoms with Gasteiger partial charge in [0.05, 0.1) is 24.9 Å². The maximum atomic E-state index is 14.2. The van der Waals surface area contributed by atoms with E-state index in [2.05, 4.69) is 0 Å². The number of methoxy groups -OCH3 is 1. The Balaban J connectivity index is 1.70. The minimum atomic E-state index is -4.78. The van der Waals surface area contributed by atoms with E-state index >= 15 is 0 Å². The van der Waals surface area contributed by atoms with Gasteiger partial charge in [-0.3, -0.25) is 4.79 Å². The van der Waals surface area contributed by atoms with Crippen molar-refractivity contribution < 1.29 is 35.9 Å². The second-order valence-electron chi connectivity index (χ2n) is 7.91. The standard InChI is InChI=1S/C24H19F6NO2/c1-33-22-11-21-14(8-17(22)13-3-6-18(20(27)9-13)24(28,29)30)4-7-23(32)31(21)12-15-2-5-16(25)10-19(15)26/h2,5-6,8-11,13H,3-4,7,12H2,1H3. The number of benzene rings is 2. The maximum absolute atomic E-state index is 14.2. The van der Waals surface area contributed by atoms with Crippen LogP contribution in [0.3, 0.4) is 0 Å². The molecule has 0 aromatic heterocycles. The van der Waals surface area contributed by atoms with Crippen molar-refractivity contribution in [1.29, 1.82) is 0 Å². The molecule has 0 radical (unpaired) electrons. The minimum Gasteiger partial charge on any atom is -0.496 e. The molecule has 174 valence electrons. The van der Waals surface area contributed by atoms with Gasteiger partial charge in [-0.1, -0.05) is 12.1 Å². The largest absolute Gasteiger partial charge is 0.496 e. The number of anilines is 1. The number of fused-ring (bicyclic) bond motifs is 1. The monoisotopic (exact) mass is 467 g/mol. The van der Waals surface area contributed by atoms with Gasteiger partial charge < -0.3 is 9.64 Å². The molecule has 1 aliphatic carbocycles. The van der Waals surface area contributed by atoms with E-state index in [1.807, 2.05) is 0 Å². The third kappa shape index (κ3) is 4.49. The predicted octanol–water partition coefficient (Wildman–Crippen LogP) is 6.28. The molecular formula is C24H19F6NO2. The highest BCUT2D eigenvalue weighted by molar-refractivity contribution is 5.96. The number of halogens is 6. The Kier molecular flexibility index (Phi) is 5.99. The van der Waals surface area contributed by atoms with Crippen LogP contribution in [0.5, 0.6) is 5.75 Å². The number of rotatable bonds is 4. The van der Waals surface area contributed by atoms with Crippen LogP contribution in [-0.2, 0) is 17.8 Å². The molecule has 1 amide bonds. The van der Waals surface area contributed by atoms with E-state index in [-0.39, 0.29) is 36.6 Å². The smallest absolute Gasteiger partial charge is 0.418 e. The van der Waals surface area contributed by atoms with Crippen molar-refractivity contribution in [2.24, 2.45) is 0 Å². The number of carbonyl (C=O) groups is 1. The average Bonchev–Trinajstić information content (AvgIpc) is 2.75. The first-order valence-electron chi connectivity index (χ1n) is 10.2. The van der Waals surface area contributed by atoms with Crippen LogP contribution in [0.1, 0.15) is 35.4 Å². The van der Waals surface area contributed by atoms with Gasteiger partial charge in [0.15, 0.2) is 0 Å². The van der Waals surface area contributed by atoms with Crippen molar-refractivity contribution in [3.05, 3.63) is 82.2 Å². The molecule has 0 fully saturated rings. The summed E-state index contributed by atoms with van der Waals surface area (Å²) >= 11 is 0. The lowest BCUT2D eigenvalue weighted by atomic mass is 9.86. The summed E-state index contributed by atoms with van der Waals surface area (Å²) in [6.07, 6.45) is -2.60. The third-order valence-electron chi connectivity index (χ3n) is 5.86. The molecule has 1 heterocycles. The summed E-state index contributed by atoms with van der Waals surface area (Å²) in [6.45, 7) is -0.129. The fourth-order valence-corrected chi connectivity index (χ4v) is 4.20. The van der Waals surface area contributed by atoms with Crippen LogP contribution < -0.4 is 9.64 Å². The minimum absolute atomic E-state index is 0.0686. The summed E-state index contributed by atoms with van der Waals surface area (Å²) in [7, 11) is 1.36. The second kappa shape index (κ2) is 8.61. The van der Waals surface area contributed by atoms with Crippen molar-refractivity contribution in [3.8, 4) is 5.75 Å². The van der Waals surface area contributed by atoms with Gasteiger partial charge in [-0.05, 0) is 36.6 Å². The summed E-state index contributed by atoms with van der Waals surface area (Å²) < 4.78 is 85.9. The molecule has 33 heavy (non-hydrogen) atoms. The molecule has 2 aromatic carbocycles. The normalized spacial score (nSPS) is 18.6. The molecular weight excluding hydrogens is 448 g/mol. The summed E-state index contributed by atoms with van der Waals surface area (Å²) in [5, 5.41) is 0. The second-order valence-corrected chi connectivity index (χ2v) is 7.91. The predicted molar refractivity (Wildman–Crippen MR) is 110 cm³/mol. The van der Waals surface area contributed by atoms with Crippen molar-refractivity contribution in [2.75, 3.05) is 12.0 Å². The summed E-state index contributed by atoms with van der Waals surface area (Å²) in [5.41, 5.74) is 0.484. The van der Waals surface area contributed by atoms with Gasteiger partial charge in [0.2, 0.25) is 5.91 Å². The number of amides is 1. The molecule has 2 aliphatic rings. The van der Waals surface area contributed by atoms with Crippen LogP contribution in [0.2, 0.25) is 0 Å². The van der Waals surface area contributed by atoms with E-state index in [9.17, 15) is 31.1 Å². The van der Waals surface area contributed by atoms with Crippen LogP contribution in [0, 0.1) is 11.6 Å². The number of hydrogen-bond donors (Lipinski definition) is 0. The van der Waals surface area contributed by atoms with Gasteiger partial charge in [0, 0.05) is 35.6 Å². The molecule has 4 rings (SSSR count). The Labute approximate surface area is 186 Å². The van der Waals surface area contributed by atoms with E-state index in [0.717, 1.165) is 24.3 Å². The molecule has 9 heteroatoms. The van der Waals surface area contributed by atoms with Gasteiger partial charge in [0.25, 0.3) is 0 Å². The number of alkyl halides is 3. The highest BCUT2D eigenvalue weighted by Gasteiger charge is 2.39. The number of hydrogen-bond acceptors (Lipinski definition) is 2. The van der Waals surface area contributed by atoms with Gasteiger partial charge in [0.1, 0.15) is 23.2 Å². The third-order valence-corrected chi connectivity index (χ3v) is 5.86. The first kappa shape index (κ1) is 22.9. The topological polar surface area (TPSA) is 29.5 Å². The average molecular weight is 467 g/mol. The van der Waals surface area contributed by atoms with Crippen molar-refractivity contribution in [2.45, 2.75) is 37.9 Å². The number of nitrogens with zero attached hydrogens (tertiary/aromatic N) is 1. The van der Waals surface area contributed by atoms with Gasteiger partial charge in [-0.15, -0.1) is 0 Å². The lowest BCUT2D eigenvalue weighted by Gasteiger charge is -2.31. The zero-order valence-electron chi connectivity index (χ0n) is 17.5. The van der Waals surface area contributed by atoms with E-state index in [1.54, 1.807) is 12.1 Å². The number of ether oxygens (including phenoxy) is 1.